The molecule has 0 aliphatic rings. The molecule has 0 unspecified atom stereocenters. The van der Waals surface area contributed by atoms with Crippen LogP contribution in [-0.2, 0) is 0 Å². The standard InChI is InChI=1S/C19H17N7O3S/c1-9-15(10(2)29-26-9)25-19(28)24-12-5-3-11(4-6-12)23-17(27)13-7-30-18-14(13)16(20)21-8-22-18/h3-8H,1-2H3,(H,23,27)(H2,20,21,22)(H2,24,25,28). The van der Waals surface area contributed by atoms with Crippen molar-refractivity contribution < 1.29 is 14.1 Å². The lowest BCUT2D eigenvalue weighted by Crippen LogP contribution is -2.20. The van der Waals surface area contributed by atoms with Gasteiger partial charge in [-0.25, -0.2) is 14.8 Å². The number of nitrogens with one attached hydrogen (secondary N) is 3. The van der Waals surface area contributed by atoms with E-state index in [9.17, 15) is 9.59 Å². The molecule has 4 rings (SSSR count). The van der Waals surface area contributed by atoms with Crippen molar-refractivity contribution in [2.24, 2.45) is 0 Å². The van der Waals surface area contributed by atoms with E-state index < -0.39 is 6.03 Å². The fourth-order valence-corrected chi connectivity index (χ4v) is 3.73. The van der Waals surface area contributed by atoms with Gasteiger partial charge in [0.25, 0.3) is 5.91 Å². The number of carbonyl (C=O) groups is 2. The predicted octanol–water partition coefficient (Wildman–Crippen LogP) is 3.77. The van der Waals surface area contributed by atoms with Crippen LogP contribution in [0.4, 0.5) is 27.7 Å². The van der Waals surface area contributed by atoms with Crippen molar-refractivity contribution in [2.45, 2.75) is 13.8 Å². The van der Waals surface area contributed by atoms with Gasteiger partial charge >= 0.3 is 6.03 Å². The van der Waals surface area contributed by atoms with E-state index in [-0.39, 0.29) is 11.7 Å². The van der Waals surface area contributed by atoms with Gasteiger partial charge in [0.15, 0.2) is 5.76 Å². The Morgan fingerprint density at radius 2 is 1.73 bits per heavy atom. The van der Waals surface area contributed by atoms with Crippen molar-refractivity contribution in [3.8, 4) is 0 Å². The summed E-state index contributed by atoms with van der Waals surface area (Å²) in [5.41, 5.74) is 8.53. The maximum Gasteiger partial charge on any atom is 0.323 e. The highest BCUT2D eigenvalue weighted by atomic mass is 32.1. The van der Waals surface area contributed by atoms with E-state index in [1.54, 1.807) is 43.5 Å². The van der Waals surface area contributed by atoms with E-state index in [0.29, 0.717) is 44.3 Å². The first kappa shape index (κ1) is 19.3. The molecule has 0 saturated heterocycles. The Balaban J connectivity index is 1.42. The first-order chi connectivity index (χ1) is 14.4. The van der Waals surface area contributed by atoms with Gasteiger partial charge in [-0.15, -0.1) is 11.3 Å². The van der Waals surface area contributed by atoms with E-state index in [2.05, 4.69) is 31.1 Å². The second-order valence-corrected chi connectivity index (χ2v) is 7.26. The molecule has 0 aliphatic carbocycles. The lowest BCUT2D eigenvalue weighted by molar-refractivity contribution is 0.102. The Bertz CT molecular complexity index is 1230. The molecule has 0 saturated carbocycles. The number of nitrogens with two attached hydrogens (primary N) is 1. The number of rotatable bonds is 4. The Hall–Kier alpha value is -3.99. The van der Waals surface area contributed by atoms with Gasteiger partial charge in [-0.1, -0.05) is 5.16 Å². The summed E-state index contributed by atoms with van der Waals surface area (Å²) in [6.07, 6.45) is 1.36. The molecule has 4 aromatic rings. The third kappa shape index (κ3) is 3.78. The fourth-order valence-electron chi connectivity index (χ4n) is 2.84. The first-order valence-electron chi connectivity index (χ1n) is 8.82. The summed E-state index contributed by atoms with van der Waals surface area (Å²) >= 11 is 1.32. The molecule has 3 heterocycles. The van der Waals surface area contributed by atoms with Crippen molar-refractivity contribution >= 4 is 56.4 Å². The maximum atomic E-state index is 12.6. The number of carbonyl (C=O) groups excluding carboxylic acids is 2. The molecular weight excluding hydrogens is 406 g/mol. The van der Waals surface area contributed by atoms with Crippen LogP contribution >= 0.6 is 11.3 Å². The summed E-state index contributed by atoms with van der Waals surface area (Å²) < 4.78 is 5.02. The molecule has 1 aromatic carbocycles. The number of amides is 3. The molecule has 0 fully saturated rings. The second kappa shape index (κ2) is 7.79. The molecule has 10 nitrogen and oxygen atoms in total. The zero-order chi connectivity index (χ0) is 21.3. The van der Waals surface area contributed by atoms with Crippen LogP contribution in [0.5, 0.6) is 0 Å². The number of anilines is 4. The molecule has 3 aromatic heterocycles. The van der Waals surface area contributed by atoms with Crippen LogP contribution in [0, 0.1) is 13.8 Å². The molecule has 5 N–H and O–H groups in total. The molecule has 3 amide bonds. The van der Waals surface area contributed by atoms with Gasteiger partial charge in [0.05, 0.1) is 10.9 Å². The smallest absolute Gasteiger partial charge is 0.323 e. The van der Waals surface area contributed by atoms with E-state index >= 15 is 0 Å². The number of nitrogens with zero attached hydrogens (tertiary/aromatic N) is 3. The second-order valence-electron chi connectivity index (χ2n) is 6.40. The number of thiophene rings is 1. The van der Waals surface area contributed by atoms with E-state index in [0.717, 1.165) is 0 Å². The van der Waals surface area contributed by atoms with E-state index in [1.807, 2.05) is 0 Å². The Morgan fingerprint density at radius 1 is 1.03 bits per heavy atom. The fraction of sp³-hybridized carbons (Fsp3) is 0.105. The Labute approximate surface area is 174 Å². The van der Waals surface area contributed by atoms with Crippen molar-refractivity contribution in [1.82, 2.24) is 15.1 Å². The highest BCUT2D eigenvalue weighted by molar-refractivity contribution is 7.17. The van der Waals surface area contributed by atoms with E-state index in [4.69, 9.17) is 10.3 Å². The molecule has 152 valence electrons. The van der Waals surface area contributed by atoms with Crippen molar-refractivity contribution in [1.29, 1.82) is 0 Å². The van der Waals surface area contributed by atoms with Crippen molar-refractivity contribution in [3.63, 3.8) is 0 Å². The lowest BCUT2D eigenvalue weighted by Gasteiger charge is -2.09. The van der Waals surface area contributed by atoms with Gasteiger partial charge in [-0.2, -0.15) is 0 Å². The van der Waals surface area contributed by atoms with Crippen LogP contribution in [0.15, 0.2) is 40.5 Å². The minimum Gasteiger partial charge on any atom is -0.383 e. The van der Waals surface area contributed by atoms with Crippen LogP contribution in [0.2, 0.25) is 0 Å². The predicted molar refractivity (Wildman–Crippen MR) is 115 cm³/mol. The average molecular weight is 423 g/mol. The van der Waals surface area contributed by atoms with E-state index in [1.165, 1.54) is 17.7 Å². The summed E-state index contributed by atoms with van der Waals surface area (Å²) in [7, 11) is 0. The maximum absolute atomic E-state index is 12.6. The molecular formula is C19H17N7O3S. The topological polar surface area (TPSA) is 148 Å². The Kier molecular flexibility index (Phi) is 5.02. The van der Waals surface area contributed by atoms with Crippen molar-refractivity contribution in [2.75, 3.05) is 21.7 Å². The number of benzene rings is 1. The molecule has 0 spiro atoms. The lowest BCUT2D eigenvalue weighted by atomic mass is 10.2. The summed E-state index contributed by atoms with van der Waals surface area (Å²) in [5, 5.41) is 14.2. The van der Waals surface area contributed by atoms with Gasteiger partial charge in [-0.3, -0.25) is 4.79 Å². The number of hydrogen-bond donors (Lipinski definition) is 4. The van der Waals surface area contributed by atoms with Gasteiger partial charge in [0.1, 0.15) is 28.4 Å². The van der Waals surface area contributed by atoms with Gasteiger partial charge in [0, 0.05) is 16.8 Å². The summed E-state index contributed by atoms with van der Waals surface area (Å²) in [5.74, 6) is 0.461. The van der Waals surface area contributed by atoms with Crippen LogP contribution in [0.25, 0.3) is 10.2 Å². The van der Waals surface area contributed by atoms with Gasteiger partial charge in [-0.05, 0) is 38.1 Å². The number of hydrogen-bond acceptors (Lipinski definition) is 8. The summed E-state index contributed by atoms with van der Waals surface area (Å²) in [4.78, 5) is 33.5. The largest absolute Gasteiger partial charge is 0.383 e. The highest BCUT2D eigenvalue weighted by Crippen LogP contribution is 2.28. The van der Waals surface area contributed by atoms with Crippen LogP contribution in [0.1, 0.15) is 21.8 Å². The zero-order valence-corrected chi connectivity index (χ0v) is 16.8. The minimum atomic E-state index is -0.429. The number of fused-ring (bicyclic) bond motifs is 1. The third-order valence-electron chi connectivity index (χ3n) is 4.32. The molecule has 30 heavy (non-hydrogen) atoms. The first-order valence-corrected chi connectivity index (χ1v) is 9.70. The summed E-state index contributed by atoms with van der Waals surface area (Å²) in [6, 6.07) is 6.27. The van der Waals surface area contributed by atoms with Gasteiger partial charge < -0.3 is 26.2 Å². The molecule has 0 aliphatic heterocycles. The normalized spacial score (nSPS) is 10.7. The van der Waals surface area contributed by atoms with Crippen LogP contribution in [0.3, 0.4) is 0 Å². The average Bonchev–Trinajstić information content (AvgIpc) is 3.29. The minimum absolute atomic E-state index is 0.259. The quantitative estimate of drug-likeness (QED) is 0.390. The van der Waals surface area contributed by atoms with Gasteiger partial charge in [0.2, 0.25) is 0 Å². The highest BCUT2D eigenvalue weighted by Gasteiger charge is 2.16. The molecule has 0 atom stereocenters. The monoisotopic (exact) mass is 423 g/mol. The summed E-state index contributed by atoms with van der Waals surface area (Å²) in [6.45, 7) is 3.45. The SMILES string of the molecule is Cc1noc(C)c1NC(=O)Nc1ccc(NC(=O)c2csc3ncnc(N)c23)cc1. The number of aryl methyl sites for hydroxylation is 2. The number of nitrogen functional groups attached to an aromatic ring is 1. The van der Waals surface area contributed by atoms with Crippen molar-refractivity contribution in [3.05, 3.63) is 53.0 Å². The third-order valence-corrected chi connectivity index (χ3v) is 5.20. The number of urea groups is 1. The molecule has 11 heteroatoms. The van der Waals surface area contributed by atoms with Crippen LogP contribution in [-0.4, -0.2) is 27.1 Å². The van der Waals surface area contributed by atoms with Crippen LogP contribution < -0.4 is 21.7 Å². The molecule has 0 bridgehead atoms. The Morgan fingerprint density at radius 3 is 2.40 bits per heavy atom. The molecule has 0 radical (unpaired) electrons. The number of aromatic nitrogens is 3. The zero-order valence-electron chi connectivity index (χ0n) is 16.0.